The Labute approximate surface area is 133 Å². The van der Waals surface area contributed by atoms with Crippen LogP contribution < -0.4 is 15.4 Å². The Bertz CT molecular complexity index is 577. The van der Waals surface area contributed by atoms with E-state index >= 15 is 0 Å². The first kappa shape index (κ1) is 18.3. The Morgan fingerprint density at radius 2 is 1.74 bits per heavy atom. The summed E-state index contributed by atoms with van der Waals surface area (Å²) in [6.45, 7) is 4.24. The zero-order valence-corrected chi connectivity index (χ0v) is 13.2. The number of aliphatic carboxylic acids is 1. The molecule has 0 spiro atoms. The molecule has 0 aliphatic rings. The lowest BCUT2D eigenvalue weighted by molar-refractivity contribution is -0.135. The lowest BCUT2D eigenvalue weighted by atomic mass is 10.2. The Hall–Kier alpha value is -2.77. The number of carbonyl (C=O) groups excluding carboxylic acids is 2. The predicted molar refractivity (Wildman–Crippen MR) is 82.3 cm³/mol. The van der Waals surface area contributed by atoms with Crippen molar-refractivity contribution in [3.05, 3.63) is 24.3 Å². The van der Waals surface area contributed by atoms with E-state index in [1.165, 1.54) is 24.3 Å². The quantitative estimate of drug-likeness (QED) is 0.815. The second-order valence-corrected chi connectivity index (χ2v) is 5.71. The summed E-state index contributed by atoms with van der Waals surface area (Å²) in [6.07, 6.45) is -0.772. The smallest absolute Gasteiger partial charge is 0.415 e. The summed E-state index contributed by atoms with van der Waals surface area (Å²) in [4.78, 5) is 34.8. The number of anilines is 1. The summed E-state index contributed by atoms with van der Waals surface area (Å²) in [5.74, 6) is -1.42. The number of primary amides is 1. The Morgan fingerprint density at radius 3 is 2.17 bits per heavy atom. The predicted octanol–water partition coefficient (Wildman–Crippen LogP) is 1.38. The molecule has 0 atom stereocenters. The molecule has 0 heterocycles. The zero-order valence-electron chi connectivity index (χ0n) is 13.2. The highest BCUT2D eigenvalue weighted by Gasteiger charge is 2.25. The van der Waals surface area contributed by atoms with Crippen molar-refractivity contribution in [3.8, 4) is 5.75 Å². The van der Waals surface area contributed by atoms with Crippen LogP contribution in [-0.2, 0) is 14.3 Å². The van der Waals surface area contributed by atoms with Gasteiger partial charge in [0.25, 0.3) is 5.91 Å². The average molecular weight is 324 g/mol. The average Bonchev–Trinajstić information content (AvgIpc) is 2.41. The molecule has 0 radical (unpaired) electrons. The molecule has 0 saturated heterocycles. The molecule has 0 saturated carbocycles. The molecule has 2 amide bonds. The van der Waals surface area contributed by atoms with E-state index in [0.29, 0.717) is 11.4 Å². The summed E-state index contributed by atoms with van der Waals surface area (Å²) in [7, 11) is 0. The third kappa shape index (κ3) is 6.68. The molecular weight excluding hydrogens is 304 g/mol. The van der Waals surface area contributed by atoms with E-state index < -0.39 is 30.1 Å². The van der Waals surface area contributed by atoms with Crippen LogP contribution in [0, 0.1) is 0 Å². The van der Waals surface area contributed by atoms with E-state index in [4.69, 9.17) is 20.3 Å². The van der Waals surface area contributed by atoms with Crippen LogP contribution in [0.1, 0.15) is 20.8 Å². The van der Waals surface area contributed by atoms with Crippen molar-refractivity contribution in [3.63, 3.8) is 0 Å². The molecule has 0 fully saturated rings. The molecule has 0 unspecified atom stereocenters. The zero-order chi connectivity index (χ0) is 17.6. The number of carboxylic acids is 1. The monoisotopic (exact) mass is 324 g/mol. The molecule has 0 aliphatic carbocycles. The minimum Gasteiger partial charge on any atom is -0.484 e. The van der Waals surface area contributed by atoms with Crippen molar-refractivity contribution >= 4 is 23.7 Å². The van der Waals surface area contributed by atoms with Gasteiger partial charge in [0.05, 0.1) is 0 Å². The van der Waals surface area contributed by atoms with Crippen molar-refractivity contribution in [2.45, 2.75) is 26.4 Å². The van der Waals surface area contributed by atoms with Gasteiger partial charge in [0, 0.05) is 5.69 Å². The van der Waals surface area contributed by atoms with Gasteiger partial charge in [0.15, 0.2) is 6.61 Å². The Kier molecular flexibility index (Phi) is 5.94. The van der Waals surface area contributed by atoms with Crippen molar-refractivity contribution in [1.82, 2.24) is 0 Å². The number of nitrogens with zero attached hydrogens (tertiary/aromatic N) is 1. The molecular formula is C15H20N2O6. The summed E-state index contributed by atoms with van der Waals surface area (Å²) in [6, 6.07) is 5.97. The van der Waals surface area contributed by atoms with Gasteiger partial charge in [-0.3, -0.25) is 14.5 Å². The van der Waals surface area contributed by atoms with Crippen LogP contribution in [-0.4, -0.2) is 41.8 Å². The van der Waals surface area contributed by atoms with Crippen molar-refractivity contribution in [2.75, 3.05) is 18.1 Å². The van der Waals surface area contributed by atoms with Crippen LogP contribution in [0.15, 0.2) is 24.3 Å². The number of hydrogen-bond acceptors (Lipinski definition) is 5. The standard InChI is InChI=1S/C15H20N2O6/c1-15(2,3)23-14(21)17(8-13(19)20)10-4-6-11(7-5-10)22-9-12(16)18/h4-7H,8-9H2,1-3H3,(H2,16,18)(H,19,20). The first-order valence-corrected chi connectivity index (χ1v) is 6.82. The molecule has 23 heavy (non-hydrogen) atoms. The number of carboxylic acid groups (broad SMARTS) is 1. The molecule has 0 aromatic heterocycles. The van der Waals surface area contributed by atoms with Gasteiger partial charge in [-0.05, 0) is 45.0 Å². The van der Waals surface area contributed by atoms with E-state index in [1.807, 2.05) is 0 Å². The number of nitrogens with two attached hydrogens (primary N) is 1. The summed E-state index contributed by atoms with van der Waals surface area (Å²) in [5.41, 5.74) is 4.55. The van der Waals surface area contributed by atoms with Crippen LogP contribution in [0.4, 0.5) is 10.5 Å². The highest BCUT2D eigenvalue weighted by Crippen LogP contribution is 2.21. The number of rotatable bonds is 6. The van der Waals surface area contributed by atoms with Crippen molar-refractivity contribution < 1.29 is 29.0 Å². The molecule has 8 nitrogen and oxygen atoms in total. The van der Waals surface area contributed by atoms with E-state index in [2.05, 4.69) is 0 Å². The van der Waals surface area contributed by atoms with E-state index in [0.717, 1.165) is 4.90 Å². The minimum atomic E-state index is -1.18. The van der Waals surface area contributed by atoms with Gasteiger partial charge in [-0.2, -0.15) is 0 Å². The van der Waals surface area contributed by atoms with Gasteiger partial charge < -0.3 is 20.3 Å². The summed E-state index contributed by atoms with van der Waals surface area (Å²) >= 11 is 0. The lowest BCUT2D eigenvalue weighted by Crippen LogP contribution is -2.40. The number of carbonyl (C=O) groups is 3. The number of ether oxygens (including phenoxy) is 2. The molecule has 126 valence electrons. The molecule has 0 aliphatic heterocycles. The second kappa shape index (κ2) is 7.48. The maximum Gasteiger partial charge on any atom is 0.415 e. The van der Waals surface area contributed by atoms with E-state index in [9.17, 15) is 14.4 Å². The molecule has 8 heteroatoms. The van der Waals surface area contributed by atoms with Gasteiger partial charge in [-0.15, -0.1) is 0 Å². The first-order chi connectivity index (χ1) is 10.6. The molecule has 1 aromatic carbocycles. The fraction of sp³-hybridized carbons (Fsp3) is 0.400. The van der Waals surface area contributed by atoms with Crippen LogP contribution in [0.25, 0.3) is 0 Å². The SMILES string of the molecule is CC(C)(C)OC(=O)N(CC(=O)O)c1ccc(OCC(N)=O)cc1. The third-order valence-corrected chi connectivity index (χ3v) is 2.44. The summed E-state index contributed by atoms with van der Waals surface area (Å²) < 4.78 is 10.3. The summed E-state index contributed by atoms with van der Waals surface area (Å²) in [5, 5.41) is 8.97. The van der Waals surface area contributed by atoms with Gasteiger partial charge >= 0.3 is 12.1 Å². The largest absolute Gasteiger partial charge is 0.484 e. The van der Waals surface area contributed by atoms with Gasteiger partial charge in [-0.25, -0.2) is 4.79 Å². The van der Waals surface area contributed by atoms with Crippen LogP contribution in [0.2, 0.25) is 0 Å². The fourth-order valence-electron chi connectivity index (χ4n) is 1.59. The second-order valence-electron chi connectivity index (χ2n) is 5.71. The molecule has 1 aromatic rings. The first-order valence-electron chi connectivity index (χ1n) is 6.82. The fourth-order valence-corrected chi connectivity index (χ4v) is 1.59. The van der Waals surface area contributed by atoms with Gasteiger partial charge in [0.2, 0.25) is 0 Å². The minimum absolute atomic E-state index is 0.274. The maximum atomic E-state index is 12.1. The topological polar surface area (TPSA) is 119 Å². The third-order valence-electron chi connectivity index (χ3n) is 2.44. The molecule has 0 bridgehead atoms. The lowest BCUT2D eigenvalue weighted by Gasteiger charge is -2.26. The van der Waals surface area contributed by atoms with E-state index in [1.54, 1.807) is 20.8 Å². The highest BCUT2D eigenvalue weighted by molar-refractivity contribution is 5.93. The van der Waals surface area contributed by atoms with Crippen molar-refractivity contribution in [2.24, 2.45) is 5.73 Å². The van der Waals surface area contributed by atoms with Crippen molar-refractivity contribution in [1.29, 1.82) is 0 Å². The van der Waals surface area contributed by atoms with Crippen LogP contribution >= 0.6 is 0 Å². The van der Waals surface area contributed by atoms with E-state index in [-0.39, 0.29) is 6.61 Å². The number of benzene rings is 1. The normalized spacial score (nSPS) is 10.7. The van der Waals surface area contributed by atoms with Gasteiger partial charge in [-0.1, -0.05) is 0 Å². The highest BCUT2D eigenvalue weighted by atomic mass is 16.6. The van der Waals surface area contributed by atoms with Crippen LogP contribution in [0.5, 0.6) is 5.75 Å². The maximum absolute atomic E-state index is 12.1. The van der Waals surface area contributed by atoms with Gasteiger partial charge in [0.1, 0.15) is 17.9 Å². The Morgan fingerprint density at radius 1 is 1.17 bits per heavy atom. The number of amides is 2. The molecule has 3 N–H and O–H groups in total. The number of hydrogen-bond donors (Lipinski definition) is 2. The molecule has 1 rings (SSSR count). The Balaban J connectivity index is 2.92. The van der Waals surface area contributed by atoms with Crippen LogP contribution in [0.3, 0.4) is 0 Å².